The van der Waals surface area contributed by atoms with Gasteiger partial charge in [-0.05, 0) is 47.2 Å². The third-order valence-corrected chi connectivity index (χ3v) is 7.40. The number of epoxide rings is 2. The molecule has 2 heteroatoms. The SMILES string of the molecule is Cc1ccc(-c2ccc(-c3ccc(C)cc3)c3c2C2(CO2)c2ccccc2C32CO2)cc1. The molecule has 0 radical (unpaired) electrons. The largest absolute Gasteiger partial charge is 0.359 e. The first-order valence-electron chi connectivity index (χ1n) is 11.3. The molecular formula is C30H24O2. The van der Waals surface area contributed by atoms with Crippen LogP contribution in [-0.4, -0.2) is 13.2 Å². The van der Waals surface area contributed by atoms with Crippen molar-refractivity contribution >= 4 is 0 Å². The molecule has 32 heavy (non-hydrogen) atoms. The van der Waals surface area contributed by atoms with Gasteiger partial charge in [-0.3, -0.25) is 0 Å². The molecule has 2 spiro atoms. The summed E-state index contributed by atoms with van der Waals surface area (Å²) in [5.41, 5.74) is 11.8. The second kappa shape index (κ2) is 6.19. The van der Waals surface area contributed by atoms with E-state index in [1.807, 2.05) is 0 Å². The number of aryl methyl sites for hydroxylation is 2. The maximum absolute atomic E-state index is 6.35. The first-order valence-corrected chi connectivity index (χ1v) is 11.3. The van der Waals surface area contributed by atoms with E-state index in [0.717, 1.165) is 0 Å². The van der Waals surface area contributed by atoms with Crippen LogP contribution in [-0.2, 0) is 20.7 Å². The molecule has 0 aromatic heterocycles. The molecule has 2 aliphatic heterocycles. The van der Waals surface area contributed by atoms with Crippen LogP contribution < -0.4 is 0 Å². The van der Waals surface area contributed by atoms with Crippen molar-refractivity contribution in [1.29, 1.82) is 0 Å². The van der Waals surface area contributed by atoms with Crippen LogP contribution in [0.1, 0.15) is 33.4 Å². The fraction of sp³-hybridized carbons (Fsp3) is 0.200. The van der Waals surface area contributed by atoms with E-state index < -0.39 is 0 Å². The lowest BCUT2D eigenvalue weighted by atomic mass is 9.68. The molecule has 4 aromatic carbocycles. The third kappa shape index (κ3) is 2.37. The molecule has 0 saturated carbocycles. The first-order chi connectivity index (χ1) is 15.6. The second-order valence-corrected chi connectivity index (χ2v) is 9.42. The first kappa shape index (κ1) is 18.4. The normalized spacial score (nSPS) is 24.3. The van der Waals surface area contributed by atoms with Gasteiger partial charge in [0, 0.05) is 11.1 Å². The van der Waals surface area contributed by atoms with Crippen molar-refractivity contribution in [3.63, 3.8) is 0 Å². The maximum Gasteiger partial charge on any atom is 0.143 e. The van der Waals surface area contributed by atoms with Gasteiger partial charge in [-0.15, -0.1) is 0 Å². The zero-order valence-corrected chi connectivity index (χ0v) is 18.3. The zero-order chi connectivity index (χ0) is 21.5. The molecule has 2 heterocycles. The van der Waals surface area contributed by atoms with Gasteiger partial charge >= 0.3 is 0 Å². The molecule has 0 amide bonds. The maximum atomic E-state index is 6.35. The van der Waals surface area contributed by atoms with Crippen molar-refractivity contribution in [3.05, 3.63) is 118 Å². The van der Waals surface area contributed by atoms with E-state index in [0.29, 0.717) is 13.2 Å². The number of rotatable bonds is 2. The monoisotopic (exact) mass is 416 g/mol. The smallest absolute Gasteiger partial charge is 0.143 e. The van der Waals surface area contributed by atoms with E-state index in [-0.39, 0.29) is 11.2 Å². The lowest BCUT2D eigenvalue weighted by Crippen LogP contribution is -2.31. The van der Waals surface area contributed by atoms with Crippen LogP contribution in [0.4, 0.5) is 0 Å². The fourth-order valence-electron chi connectivity index (χ4n) is 5.59. The standard InChI is InChI=1S/C30H24O2/c1-19-7-11-21(12-8-19)23-15-16-24(22-13-9-20(2)10-14-22)28-27(23)29(17-31-29)25-5-3-4-6-26(25)30(28)18-32-30/h3-16H,17-18H2,1-2H3. The molecule has 3 aliphatic rings. The molecule has 0 bridgehead atoms. The highest BCUT2D eigenvalue weighted by Gasteiger charge is 2.64. The highest BCUT2D eigenvalue weighted by molar-refractivity contribution is 5.84. The van der Waals surface area contributed by atoms with Crippen molar-refractivity contribution in [2.24, 2.45) is 0 Å². The Morgan fingerprint density at radius 2 is 0.906 bits per heavy atom. The molecule has 4 aromatic rings. The van der Waals surface area contributed by atoms with Crippen LogP contribution in [0.2, 0.25) is 0 Å². The molecule has 7 rings (SSSR count). The molecule has 156 valence electrons. The Bertz CT molecular complexity index is 1260. The van der Waals surface area contributed by atoms with Gasteiger partial charge in [0.2, 0.25) is 0 Å². The van der Waals surface area contributed by atoms with Crippen LogP contribution in [0.3, 0.4) is 0 Å². The van der Waals surface area contributed by atoms with E-state index in [2.05, 4.69) is 98.8 Å². The van der Waals surface area contributed by atoms with Gasteiger partial charge in [-0.25, -0.2) is 0 Å². The lowest BCUT2D eigenvalue weighted by Gasteiger charge is -2.34. The van der Waals surface area contributed by atoms with Crippen LogP contribution in [0.5, 0.6) is 0 Å². The van der Waals surface area contributed by atoms with Gasteiger partial charge in [0.25, 0.3) is 0 Å². The number of ether oxygens (including phenoxy) is 2. The predicted molar refractivity (Wildman–Crippen MR) is 127 cm³/mol. The van der Waals surface area contributed by atoms with Crippen molar-refractivity contribution in [2.45, 2.75) is 25.0 Å². The van der Waals surface area contributed by atoms with Crippen molar-refractivity contribution in [3.8, 4) is 22.3 Å². The summed E-state index contributed by atoms with van der Waals surface area (Å²) in [6.07, 6.45) is 0. The highest BCUT2D eigenvalue weighted by atomic mass is 16.6. The highest BCUT2D eigenvalue weighted by Crippen LogP contribution is 2.64. The van der Waals surface area contributed by atoms with E-state index in [1.165, 1.54) is 55.6 Å². The van der Waals surface area contributed by atoms with Crippen LogP contribution in [0, 0.1) is 13.8 Å². The van der Waals surface area contributed by atoms with Gasteiger partial charge in [-0.1, -0.05) is 96.1 Å². The quantitative estimate of drug-likeness (QED) is 0.349. The minimum Gasteiger partial charge on any atom is -0.359 e. The van der Waals surface area contributed by atoms with E-state index in [4.69, 9.17) is 9.47 Å². The topological polar surface area (TPSA) is 25.1 Å². The Hall–Kier alpha value is -3.20. The zero-order valence-electron chi connectivity index (χ0n) is 18.3. The summed E-state index contributed by atoms with van der Waals surface area (Å²) in [4.78, 5) is 0. The Kier molecular flexibility index (Phi) is 3.55. The molecule has 0 N–H and O–H groups in total. The van der Waals surface area contributed by atoms with Crippen LogP contribution >= 0.6 is 0 Å². The average Bonchev–Trinajstić information content (AvgIpc) is 3.74. The molecule has 1 aliphatic carbocycles. The number of hydrogen-bond acceptors (Lipinski definition) is 2. The summed E-state index contributed by atoms with van der Waals surface area (Å²) in [6, 6.07) is 31.0. The average molecular weight is 417 g/mol. The Morgan fingerprint density at radius 1 is 0.531 bits per heavy atom. The third-order valence-electron chi connectivity index (χ3n) is 7.40. The minimum absolute atomic E-state index is 0.385. The van der Waals surface area contributed by atoms with Crippen LogP contribution in [0.15, 0.2) is 84.9 Å². The van der Waals surface area contributed by atoms with Crippen molar-refractivity contribution in [2.75, 3.05) is 13.2 Å². The van der Waals surface area contributed by atoms with Gasteiger partial charge in [-0.2, -0.15) is 0 Å². The summed E-state index contributed by atoms with van der Waals surface area (Å²) in [5, 5.41) is 0. The minimum atomic E-state index is -0.385. The summed E-state index contributed by atoms with van der Waals surface area (Å²) in [6.45, 7) is 5.69. The van der Waals surface area contributed by atoms with E-state index in [9.17, 15) is 0 Å². The van der Waals surface area contributed by atoms with Gasteiger partial charge in [0.05, 0.1) is 13.2 Å². The van der Waals surface area contributed by atoms with Crippen molar-refractivity contribution in [1.82, 2.24) is 0 Å². The van der Waals surface area contributed by atoms with Crippen molar-refractivity contribution < 1.29 is 9.47 Å². The summed E-state index contributed by atoms with van der Waals surface area (Å²) >= 11 is 0. The Labute approximate surface area is 188 Å². The van der Waals surface area contributed by atoms with Crippen LogP contribution in [0.25, 0.3) is 22.3 Å². The molecule has 2 fully saturated rings. The van der Waals surface area contributed by atoms with E-state index in [1.54, 1.807) is 0 Å². The van der Waals surface area contributed by atoms with E-state index >= 15 is 0 Å². The molecular weight excluding hydrogens is 392 g/mol. The Morgan fingerprint density at radius 3 is 1.25 bits per heavy atom. The molecule has 2 atom stereocenters. The van der Waals surface area contributed by atoms with Gasteiger partial charge in [0.1, 0.15) is 11.2 Å². The predicted octanol–water partition coefficient (Wildman–Crippen LogP) is 6.50. The second-order valence-electron chi connectivity index (χ2n) is 9.42. The number of benzene rings is 4. The fourth-order valence-corrected chi connectivity index (χ4v) is 5.59. The molecule has 2 nitrogen and oxygen atoms in total. The summed E-state index contributed by atoms with van der Waals surface area (Å²) < 4.78 is 12.7. The Balaban J connectivity index is 1.58. The molecule has 2 saturated heterocycles. The lowest BCUT2D eigenvalue weighted by molar-refractivity contribution is 0.304. The van der Waals surface area contributed by atoms with Gasteiger partial charge in [0.15, 0.2) is 0 Å². The summed E-state index contributed by atoms with van der Waals surface area (Å²) in [7, 11) is 0. The summed E-state index contributed by atoms with van der Waals surface area (Å²) in [5.74, 6) is 0. The molecule has 2 unspecified atom stereocenters. The van der Waals surface area contributed by atoms with Gasteiger partial charge < -0.3 is 9.47 Å². The number of hydrogen-bond donors (Lipinski definition) is 0. The number of fused-ring (bicyclic) bond motifs is 6.